The molecular formula is C12H25NO2. The van der Waals surface area contributed by atoms with Gasteiger partial charge >= 0.3 is 0 Å². The molecule has 0 amide bonds. The average molecular weight is 215 g/mol. The SMILES string of the molecule is CNCCC(C)(O)CCCC1CCCO1. The van der Waals surface area contributed by atoms with Crippen molar-refractivity contribution in [2.24, 2.45) is 0 Å². The van der Waals surface area contributed by atoms with Crippen molar-refractivity contribution in [2.75, 3.05) is 20.2 Å². The van der Waals surface area contributed by atoms with Crippen molar-refractivity contribution in [2.45, 2.75) is 57.2 Å². The molecule has 1 aliphatic heterocycles. The predicted octanol–water partition coefficient (Wildman–Crippen LogP) is 1.70. The molecule has 3 heteroatoms. The molecule has 0 radical (unpaired) electrons. The quantitative estimate of drug-likeness (QED) is 0.679. The average Bonchev–Trinajstić information content (AvgIpc) is 2.67. The van der Waals surface area contributed by atoms with Crippen LogP contribution < -0.4 is 5.32 Å². The molecule has 2 unspecified atom stereocenters. The minimum Gasteiger partial charge on any atom is -0.390 e. The van der Waals surface area contributed by atoms with E-state index in [4.69, 9.17) is 4.74 Å². The number of nitrogens with one attached hydrogen (secondary N) is 1. The summed E-state index contributed by atoms with van der Waals surface area (Å²) in [6.45, 7) is 3.74. The summed E-state index contributed by atoms with van der Waals surface area (Å²) in [5.41, 5.74) is -0.512. The zero-order valence-electron chi connectivity index (χ0n) is 10.1. The Kier molecular flexibility index (Phi) is 5.58. The summed E-state index contributed by atoms with van der Waals surface area (Å²) in [5, 5.41) is 13.1. The summed E-state index contributed by atoms with van der Waals surface area (Å²) >= 11 is 0. The van der Waals surface area contributed by atoms with E-state index in [1.807, 2.05) is 14.0 Å². The summed E-state index contributed by atoms with van der Waals surface area (Å²) in [5.74, 6) is 0. The Morgan fingerprint density at radius 1 is 1.47 bits per heavy atom. The minimum atomic E-state index is -0.512. The minimum absolute atomic E-state index is 0.463. The second-order valence-corrected chi connectivity index (χ2v) is 4.88. The summed E-state index contributed by atoms with van der Waals surface area (Å²) in [7, 11) is 1.92. The fourth-order valence-corrected chi connectivity index (χ4v) is 2.10. The van der Waals surface area contributed by atoms with E-state index < -0.39 is 5.60 Å². The number of ether oxygens (including phenoxy) is 1. The van der Waals surface area contributed by atoms with Gasteiger partial charge in [-0.2, -0.15) is 0 Å². The van der Waals surface area contributed by atoms with Crippen LogP contribution in [0.15, 0.2) is 0 Å². The Hall–Kier alpha value is -0.120. The highest BCUT2D eigenvalue weighted by Crippen LogP contribution is 2.22. The van der Waals surface area contributed by atoms with Gasteiger partial charge in [0.2, 0.25) is 0 Å². The molecule has 90 valence electrons. The predicted molar refractivity (Wildman–Crippen MR) is 62.0 cm³/mol. The topological polar surface area (TPSA) is 41.5 Å². The van der Waals surface area contributed by atoms with Crippen LogP contribution in [0.5, 0.6) is 0 Å². The zero-order chi connectivity index (χ0) is 11.1. The Morgan fingerprint density at radius 2 is 2.27 bits per heavy atom. The zero-order valence-corrected chi connectivity index (χ0v) is 10.1. The lowest BCUT2D eigenvalue weighted by atomic mass is 9.94. The van der Waals surface area contributed by atoms with Crippen molar-refractivity contribution < 1.29 is 9.84 Å². The standard InChI is InChI=1S/C12H25NO2/c1-12(14,8-9-13-2)7-3-5-11-6-4-10-15-11/h11,13-14H,3-10H2,1-2H3. The van der Waals surface area contributed by atoms with E-state index in [1.165, 1.54) is 12.8 Å². The first-order valence-corrected chi connectivity index (χ1v) is 6.13. The number of hydrogen-bond acceptors (Lipinski definition) is 3. The fourth-order valence-electron chi connectivity index (χ4n) is 2.10. The first kappa shape index (κ1) is 12.9. The van der Waals surface area contributed by atoms with Crippen molar-refractivity contribution in [3.8, 4) is 0 Å². The third-order valence-corrected chi connectivity index (χ3v) is 3.18. The molecule has 1 rings (SSSR count). The van der Waals surface area contributed by atoms with Crippen LogP contribution in [-0.4, -0.2) is 37.0 Å². The third kappa shape index (κ3) is 5.50. The normalized spacial score (nSPS) is 25.4. The van der Waals surface area contributed by atoms with E-state index in [9.17, 15) is 5.11 Å². The van der Waals surface area contributed by atoms with Crippen LogP contribution in [0.3, 0.4) is 0 Å². The van der Waals surface area contributed by atoms with Gasteiger partial charge in [0.05, 0.1) is 11.7 Å². The highest BCUT2D eigenvalue weighted by atomic mass is 16.5. The Bertz CT molecular complexity index is 165. The van der Waals surface area contributed by atoms with Gasteiger partial charge < -0.3 is 15.2 Å². The van der Waals surface area contributed by atoms with Gasteiger partial charge in [-0.05, 0) is 59.0 Å². The molecule has 0 aromatic carbocycles. The van der Waals surface area contributed by atoms with Gasteiger partial charge in [-0.1, -0.05) is 0 Å². The number of hydrogen-bond donors (Lipinski definition) is 2. The molecule has 0 aromatic heterocycles. The molecule has 2 N–H and O–H groups in total. The van der Waals surface area contributed by atoms with Crippen molar-refractivity contribution >= 4 is 0 Å². The summed E-state index contributed by atoms with van der Waals surface area (Å²) in [4.78, 5) is 0. The van der Waals surface area contributed by atoms with E-state index in [0.29, 0.717) is 6.10 Å². The number of aliphatic hydroxyl groups is 1. The first-order valence-electron chi connectivity index (χ1n) is 6.13. The van der Waals surface area contributed by atoms with E-state index >= 15 is 0 Å². The van der Waals surface area contributed by atoms with E-state index in [1.54, 1.807) is 0 Å². The van der Waals surface area contributed by atoms with Gasteiger partial charge in [0.15, 0.2) is 0 Å². The maximum Gasteiger partial charge on any atom is 0.0631 e. The third-order valence-electron chi connectivity index (χ3n) is 3.18. The van der Waals surface area contributed by atoms with Gasteiger partial charge in [0.25, 0.3) is 0 Å². The second kappa shape index (κ2) is 6.46. The van der Waals surface area contributed by atoms with Gasteiger partial charge in [0, 0.05) is 6.61 Å². The van der Waals surface area contributed by atoms with Gasteiger partial charge in [-0.15, -0.1) is 0 Å². The van der Waals surface area contributed by atoms with Gasteiger partial charge in [0.1, 0.15) is 0 Å². The molecule has 0 bridgehead atoms. The van der Waals surface area contributed by atoms with Crippen molar-refractivity contribution in [3.05, 3.63) is 0 Å². The van der Waals surface area contributed by atoms with Crippen LogP contribution in [0.4, 0.5) is 0 Å². The summed E-state index contributed by atoms with van der Waals surface area (Å²) in [6, 6.07) is 0. The van der Waals surface area contributed by atoms with E-state index in [-0.39, 0.29) is 0 Å². The van der Waals surface area contributed by atoms with E-state index in [0.717, 1.165) is 38.8 Å². The Balaban J connectivity index is 2.06. The molecule has 0 aromatic rings. The van der Waals surface area contributed by atoms with Crippen LogP contribution in [0, 0.1) is 0 Å². The molecule has 1 heterocycles. The lowest BCUT2D eigenvalue weighted by molar-refractivity contribution is 0.0333. The Labute approximate surface area is 93.2 Å². The van der Waals surface area contributed by atoms with Gasteiger partial charge in [-0.3, -0.25) is 0 Å². The molecule has 1 aliphatic rings. The molecule has 0 aliphatic carbocycles. The van der Waals surface area contributed by atoms with Crippen molar-refractivity contribution in [1.29, 1.82) is 0 Å². The van der Waals surface area contributed by atoms with Crippen LogP contribution in [0.2, 0.25) is 0 Å². The maximum atomic E-state index is 10.0. The maximum absolute atomic E-state index is 10.0. The molecule has 0 saturated carbocycles. The highest BCUT2D eigenvalue weighted by Gasteiger charge is 2.21. The van der Waals surface area contributed by atoms with Crippen LogP contribution >= 0.6 is 0 Å². The molecule has 2 atom stereocenters. The first-order chi connectivity index (χ1) is 7.14. The largest absolute Gasteiger partial charge is 0.390 e. The Morgan fingerprint density at radius 3 is 2.87 bits per heavy atom. The monoisotopic (exact) mass is 215 g/mol. The van der Waals surface area contributed by atoms with Crippen LogP contribution in [0.25, 0.3) is 0 Å². The summed E-state index contributed by atoms with van der Waals surface area (Å²) in [6.07, 6.45) is 6.77. The second-order valence-electron chi connectivity index (χ2n) is 4.88. The summed E-state index contributed by atoms with van der Waals surface area (Å²) < 4.78 is 5.55. The number of rotatable bonds is 7. The van der Waals surface area contributed by atoms with E-state index in [2.05, 4.69) is 5.32 Å². The van der Waals surface area contributed by atoms with Crippen molar-refractivity contribution in [3.63, 3.8) is 0 Å². The lowest BCUT2D eigenvalue weighted by Crippen LogP contribution is -2.29. The molecule has 1 fully saturated rings. The van der Waals surface area contributed by atoms with Gasteiger partial charge in [-0.25, -0.2) is 0 Å². The molecule has 3 nitrogen and oxygen atoms in total. The molecule has 15 heavy (non-hydrogen) atoms. The highest BCUT2D eigenvalue weighted by molar-refractivity contribution is 4.75. The molecule has 1 saturated heterocycles. The van der Waals surface area contributed by atoms with Crippen LogP contribution in [0.1, 0.15) is 45.4 Å². The lowest BCUT2D eigenvalue weighted by Gasteiger charge is -2.23. The smallest absolute Gasteiger partial charge is 0.0631 e. The molecule has 0 spiro atoms. The fraction of sp³-hybridized carbons (Fsp3) is 1.00. The molecular weight excluding hydrogens is 190 g/mol. The van der Waals surface area contributed by atoms with Crippen molar-refractivity contribution in [1.82, 2.24) is 5.32 Å². The van der Waals surface area contributed by atoms with Crippen LogP contribution in [-0.2, 0) is 4.74 Å².